The Kier molecular flexibility index (Phi) is 5.62. The number of aromatic nitrogens is 1. The Bertz CT molecular complexity index is 2640. The third-order valence-electron chi connectivity index (χ3n) is 8.86. The third-order valence-corrected chi connectivity index (χ3v) is 8.86. The summed E-state index contributed by atoms with van der Waals surface area (Å²) in [7, 11) is 0. The van der Waals surface area contributed by atoms with Crippen LogP contribution in [0.2, 0.25) is 0 Å². The minimum atomic E-state index is 0.433. The maximum atomic E-state index is 9.38. The Morgan fingerprint density at radius 3 is 1.91 bits per heavy atom. The fourth-order valence-electron chi connectivity index (χ4n) is 6.79. The molecule has 2 N–H and O–H groups in total. The van der Waals surface area contributed by atoms with E-state index >= 15 is 0 Å². The van der Waals surface area contributed by atoms with Gasteiger partial charge in [-0.2, -0.15) is 0 Å². The Balaban J connectivity index is 1.30. The molecular formula is C41H27N3O. The van der Waals surface area contributed by atoms with E-state index in [0.29, 0.717) is 5.71 Å². The van der Waals surface area contributed by atoms with Crippen molar-refractivity contribution >= 4 is 76.7 Å². The summed E-state index contributed by atoms with van der Waals surface area (Å²) >= 11 is 0. The highest BCUT2D eigenvalue weighted by molar-refractivity contribution is 6.24. The van der Waals surface area contributed by atoms with Gasteiger partial charge in [-0.05, 0) is 51.9 Å². The number of rotatable bonds is 5. The van der Waals surface area contributed by atoms with Crippen molar-refractivity contribution in [1.29, 1.82) is 5.41 Å². The zero-order chi connectivity index (χ0) is 29.9. The summed E-state index contributed by atoms with van der Waals surface area (Å²) in [5, 5.41) is 18.2. The van der Waals surface area contributed by atoms with Crippen molar-refractivity contribution in [2.45, 2.75) is 0 Å². The molecule has 0 unspecified atom stereocenters. The first-order valence-corrected chi connectivity index (χ1v) is 15.1. The van der Waals surface area contributed by atoms with Gasteiger partial charge in [-0.3, -0.25) is 10.1 Å². The van der Waals surface area contributed by atoms with Crippen molar-refractivity contribution in [3.8, 4) is 0 Å². The van der Waals surface area contributed by atoms with Crippen LogP contribution in [0.5, 0.6) is 0 Å². The standard InChI is InChI=1S/C41H27N3O/c42-35(30-19-9-13-26-11-1-3-15-28(26)30)25-36(31-20-10-14-27-12-2-4-16-29(27)31)43-44-37-21-7-5-18-34(37)40-38(44)24-23-33-32-17-6-8-22-39(32)45-41(33)40/h1-25,42-43H/b36-25-,42-35?. The first kappa shape index (κ1) is 25.4. The minimum absolute atomic E-state index is 0.433. The Labute approximate surface area is 258 Å². The Morgan fingerprint density at radius 1 is 0.533 bits per heavy atom. The molecule has 4 nitrogen and oxygen atoms in total. The third kappa shape index (κ3) is 3.96. The number of nitrogens with zero attached hydrogens (tertiary/aromatic N) is 1. The van der Waals surface area contributed by atoms with Gasteiger partial charge in [-0.15, -0.1) is 0 Å². The van der Waals surface area contributed by atoms with Gasteiger partial charge in [0.1, 0.15) is 11.2 Å². The maximum Gasteiger partial charge on any atom is 0.145 e. The van der Waals surface area contributed by atoms with Crippen molar-refractivity contribution in [2.24, 2.45) is 0 Å². The molecular weight excluding hydrogens is 550 g/mol. The van der Waals surface area contributed by atoms with E-state index in [1.807, 2.05) is 42.5 Å². The van der Waals surface area contributed by atoms with Crippen LogP contribution in [-0.4, -0.2) is 10.4 Å². The number of hydrogen-bond acceptors (Lipinski definition) is 3. The molecule has 0 radical (unpaired) electrons. The second-order valence-electron chi connectivity index (χ2n) is 11.4. The maximum absolute atomic E-state index is 9.38. The van der Waals surface area contributed by atoms with Crippen LogP contribution in [0.3, 0.4) is 0 Å². The highest BCUT2D eigenvalue weighted by Gasteiger charge is 2.19. The molecule has 45 heavy (non-hydrogen) atoms. The summed E-state index contributed by atoms with van der Waals surface area (Å²) in [6, 6.07) is 50.1. The molecule has 4 heteroatoms. The lowest BCUT2D eigenvalue weighted by Gasteiger charge is -2.18. The topological polar surface area (TPSA) is 54.0 Å². The molecule has 0 aliphatic carbocycles. The van der Waals surface area contributed by atoms with Gasteiger partial charge in [-0.25, -0.2) is 0 Å². The van der Waals surface area contributed by atoms with Crippen LogP contribution in [0.15, 0.2) is 156 Å². The van der Waals surface area contributed by atoms with Gasteiger partial charge in [0.25, 0.3) is 0 Å². The second-order valence-corrected chi connectivity index (χ2v) is 11.4. The fraction of sp³-hybridized carbons (Fsp3) is 0. The van der Waals surface area contributed by atoms with E-state index in [1.54, 1.807) is 0 Å². The monoisotopic (exact) mass is 577 g/mol. The molecule has 2 heterocycles. The van der Waals surface area contributed by atoms with Gasteiger partial charge in [0.05, 0.1) is 27.8 Å². The summed E-state index contributed by atoms with van der Waals surface area (Å²) < 4.78 is 8.65. The molecule has 2 aromatic heterocycles. The molecule has 0 aliphatic heterocycles. The van der Waals surface area contributed by atoms with Crippen molar-refractivity contribution in [3.63, 3.8) is 0 Å². The van der Waals surface area contributed by atoms with Crippen molar-refractivity contribution in [1.82, 2.24) is 4.68 Å². The summed E-state index contributed by atoms with van der Waals surface area (Å²) in [4.78, 5) is 0. The zero-order valence-corrected chi connectivity index (χ0v) is 24.3. The zero-order valence-electron chi connectivity index (χ0n) is 24.3. The van der Waals surface area contributed by atoms with E-state index < -0.39 is 0 Å². The number of nitrogens with one attached hydrogen (secondary N) is 2. The number of hydrogen-bond donors (Lipinski definition) is 2. The molecule has 9 aromatic rings. The number of para-hydroxylation sites is 2. The van der Waals surface area contributed by atoms with Gasteiger partial charge in [0.2, 0.25) is 0 Å². The number of benzene rings is 7. The van der Waals surface area contributed by atoms with Gasteiger partial charge in [0.15, 0.2) is 0 Å². The quantitative estimate of drug-likeness (QED) is 0.200. The van der Waals surface area contributed by atoms with Crippen LogP contribution < -0.4 is 5.43 Å². The predicted molar refractivity (Wildman–Crippen MR) is 189 cm³/mol. The number of fused-ring (bicyclic) bond motifs is 9. The molecule has 212 valence electrons. The Morgan fingerprint density at radius 2 is 1.13 bits per heavy atom. The molecule has 7 aromatic carbocycles. The lowest BCUT2D eigenvalue weighted by molar-refractivity contribution is 0.673. The highest BCUT2D eigenvalue weighted by Crippen LogP contribution is 2.39. The predicted octanol–water partition coefficient (Wildman–Crippen LogP) is 10.7. The largest absolute Gasteiger partial charge is 0.455 e. The molecule has 0 spiro atoms. The van der Waals surface area contributed by atoms with Gasteiger partial charge >= 0.3 is 0 Å². The van der Waals surface area contributed by atoms with Crippen molar-refractivity contribution < 1.29 is 4.42 Å². The normalized spacial score (nSPS) is 12.2. The number of furan rings is 1. The first-order chi connectivity index (χ1) is 22.2. The van der Waals surface area contributed by atoms with Gasteiger partial charge in [0, 0.05) is 27.3 Å². The van der Waals surface area contributed by atoms with Crippen molar-refractivity contribution in [3.05, 3.63) is 163 Å². The first-order valence-electron chi connectivity index (χ1n) is 15.1. The van der Waals surface area contributed by atoms with E-state index in [-0.39, 0.29) is 0 Å². The van der Waals surface area contributed by atoms with Crippen LogP contribution in [0, 0.1) is 5.41 Å². The molecule has 0 saturated carbocycles. The molecule has 0 amide bonds. The summed E-state index contributed by atoms with van der Waals surface area (Å²) in [6.45, 7) is 0. The molecule has 0 atom stereocenters. The second kappa shape index (κ2) is 9.97. The van der Waals surface area contributed by atoms with Crippen LogP contribution in [0.25, 0.3) is 71.0 Å². The number of allylic oxidation sites excluding steroid dienone is 1. The van der Waals surface area contributed by atoms with E-state index in [2.05, 4.69) is 119 Å². The van der Waals surface area contributed by atoms with E-state index in [4.69, 9.17) is 4.42 Å². The molecule has 0 saturated heterocycles. The average molecular weight is 578 g/mol. The van der Waals surface area contributed by atoms with Crippen LogP contribution in [0.1, 0.15) is 11.1 Å². The minimum Gasteiger partial charge on any atom is -0.455 e. The average Bonchev–Trinajstić information content (AvgIpc) is 3.63. The van der Waals surface area contributed by atoms with Gasteiger partial charge < -0.3 is 9.83 Å². The van der Waals surface area contributed by atoms with Crippen molar-refractivity contribution in [2.75, 3.05) is 5.43 Å². The van der Waals surface area contributed by atoms with Crippen LogP contribution in [0.4, 0.5) is 0 Å². The fourth-order valence-corrected chi connectivity index (χ4v) is 6.79. The van der Waals surface area contributed by atoms with Crippen LogP contribution in [-0.2, 0) is 0 Å². The van der Waals surface area contributed by atoms with E-state index in [0.717, 1.165) is 82.1 Å². The van der Waals surface area contributed by atoms with E-state index in [9.17, 15) is 5.41 Å². The SMILES string of the molecule is N=C(/C=C(\Nn1c2ccccc2c2c3oc4ccccc4c3ccc21)c1cccc2ccccc12)c1cccc2ccccc12. The molecule has 0 bridgehead atoms. The lowest BCUT2D eigenvalue weighted by atomic mass is 9.98. The summed E-state index contributed by atoms with van der Waals surface area (Å²) in [5.74, 6) is 0. The lowest BCUT2D eigenvalue weighted by Crippen LogP contribution is -2.15. The van der Waals surface area contributed by atoms with Crippen LogP contribution >= 0.6 is 0 Å². The molecule has 0 fully saturated rings. The Hall–Kier alpha value is -6.13. The molecule has 0 aliphatic rings. The molecule has 9 rings (SSSR count). The highest BCUT2D eigenvalue weighted by atomic mass is 16.3. The smallest absolute Gasteiger partial charge is 0.145 e. The van der Waals surface area contributed by atoms with E-state index in [1.165, 1.54) is 0 Å². The summed E-state index contributed by atoms with van der Waals surface area (Å²) in [5.41, 5.74) is 10.8. The van der Waals surface area contributed by atoms with Gasteiger partial charge in [-0.1, -0.05) is 121 Å². The summed E-state index contributed by atoms with van der Waals surface area (Å²) in [6.07, 6.45) is 1.96.